The molecule has 4 rings (SSSR count). The number of hydrogen-bond donors (Lipinski definition) is 2. The third-order valence-electron chi connectivity index (χ3n) is 4.76. The van der Waals surface area contributed by atoms with E-state index in [2.05, 4.69) is 10.4 Å². The van der Waals surface area contributed by atoms with Crippen LogP contribution in [-0.2, 0) is 0 Å². The SMILES string of the molecule is COc1ccc(C(N)=O)cc1NC(=O)c1cn(-c2ccccc2)nc1-c1ccccc1. The zero-order chi connectivity index (χ0) is 21.8. The number of benzene rings is 3. The van der Waals surface area contributed by atoms with Gasteiger partial charge in [-0.2, -0.15) is 5.10 Å². The van der Waals surface area contributed by atoms with Gasteiger partial charge in [0, 0.05) is 17.3 Å². The van der Waals surface area contributed by atoms with E-state index in [-0.39, 0.29) is 11.5 Å². The van der Waals surface area contributed by atoms with Gasteiger partial charge >= 0.3 is 0 Å². The number of nitrogens with zero attached hydrogens (tertiary/aromatic N) is 2. The fourth-order valence-corrected chi connectivity index (χ4v) is 3.21. The van der Waals surface area contributed by atoms with Crippen LogP contribution in [-0.4, -0.2) is 28.7 Å². The van der Waals surface area contributed by atoms with Crippen molar-refractivity contribution in [3.63, 3.8) is 0 Å². The highest BCUT2D eigenvalue weighted by atomic mass is 16.5. The molecule has 0 bridgehead atoms. The predicted octanol–water partition coefficient (Wildman–Crippen LogP) is 3.90. The van der Waals surface area contributed by atoms with Crippen molar-refractivity contribution in [2.45, 2.75) is 0 Å². The van der Waals surface area contributed by atoms with E-state index in [4.69, 9.17) is 10.5 Å². The maximum Gasteiger partial charge on any atom is 0.259 e. The van der Waals surface area contributed by atoms with Crippen LogP contribution in [0.1, 0.15) is 20.7 Å². The second-order valence-electron chi connectivity index (χ2n) is 6.77. The molecule has 0 saturated heterocycles. The molecule has 3 aromatic carbocycles. The molecule has 2 amide bonds. The molecular weight excluding hydrogens is 392 g/mol. The summed E-state index contributed by atoms with van der Waals surface area (Å²) in [4.78, 5) is 24.8. The van der Waals surface area contributed by atoms with Gasteiger partial charge in [-0.3, -0.25) is 9.59 Å². The third kappa shape index (κ3) is 4.16. The Morgan fingerprint density at radius 2 is 1.65 bits per heavy atom. The quantitative estimate of drug-likeness (QED) is 0.502. The lowest BCUT2D eigenvalue weighted by Crippen LogP contribution is -2.15. The lowest BCUT2D eigenvalue weighted by molar-refractivity contribution is 0.0996. The molecule has 0 aliphatic rings. The van der Waals surface area contributed by atoms with Gasteiger partial charge in [0.1, 0.15) is 11.4 Å². The van der Waals surface area contributed by atoms with Crippen LogP contribution in [0.4, 0.5) is 5.69 Å². The second-order valence-corrected chi connectivity index (χ2v) is 6.77. The molecule has 0 unspecified atom stereocenters. The molecule has 7 nitrogen and oxygen atoms in total. The van der Waals surface area contributed by atoms with Gasteiger partial charge in [0.2, 0.25) is 5.91 Å². The zero-order valence-electron chi connectivity index (χ0n) is 16.8. The third-order valence-corrected chi connectivity index (χ3v) is 4.76. The van der Waals surface area contributed by atoms with Crippen LogP contribution < -0.4 is 15.8 Å². The number of hydrogen-bond acceptors (Lipinski definition) is 4. The first-order valence-electron chi connectivity index (χ1n) is 9.56. The number of nitrogens with two attached hydrogens (primary N) is 1. The first kappa shape index (κ1) is 19.9. The van der Waals surface area contributed by atoms with Crippen LogP contribution in [0, 0.1) is 0 Å². The van der Waals surface area contributed by atoms with Gasteiger partial charge < -0.3 is 15.8 Å². The van der Waals surface area contributed by atoms with E-state index in [9.17, 15) is 9.59 Å². The average Bonchev–Trinajstić information content (AvgIpc) is 3.26. The van der Waals surface area contributed by atoms with Crippen LogP contribution in [0.15, 0.2) is 85.1 Å². The molecule has 0 aliphatic heterocycles. The summed E-state index contributed by atoms with van der Waals surface area (Å²) in [6.45, 7) is 0. The highest BCUT2D eigenvalue weighted by Crippen LogP contribution is 2.28. The van der Waals surface area contributed by atoms with E-state index in [0.717, 1.165) is 11.3 Å². The minimum absolute atomic E-state index is 0.263. The summed E-state index contributed by atoms with van der Waals surface area (Å²) in [7, 11) is 1.48. The molecule has 154 valence electrons. The van der Waals surface area contributed by atoms with E-state index in [1.54, 1.807) is 23.0 Å². The lowest BCUT2D eigenvalue weighted by Gasteiger charge is -2.11. The van der Waals surface area contributed by atoms with Crippen molar-refractivity contribution >= 4 is 17.5 Å². The van der Waals surface area contributed by atoms with Crippen molar-refractivity contribution in [3.8, 4) is 22.7 Å². The van der Waals surface area contributed by atoms with E-state index in [1.165, 1.54) is 13.2 Å². The number of carbonyl (C=O) groups is 2. The van der Waals surface area contributed by atoms with Crippen molar-refractivity contribution in [3.05, 3.63) is 96.2 Å². The summed E-state index contributed by atoms with van der Waals surface area (Å²) in [6, 6.07) is 23.6. The van der Waals surface area contributed by atoms with Crippen LogP contribution in [0.3, 0.4) is 0 Å². The fraction of sp³-hybridized carbons (Fsp3) is 0.0417. The second kappa shape index (κ2) is 8.54. The van der Waals surface area contributed by atoms with Crippen molar-refractivity contribution < 1.29 is 14.3 Å². The molecule has 31 heavy (non-hydrogen) atoms. The molecule has 7 heteroatoms. The lowest BCUT2D eigenvalue weighted by atomic mass is 10.1. The Morgan fingerprint density at radius 1 is 0.968 bits per heavy atom. The minimum Gasteiger partial charge on any atom is -0.495 e. The highest BCUT2D eigenvalue weighted by molar-refractivity contribution is 6.09. The molecule has 0 radical (unpaired) electrons. The molecule has 1 heterocycles. The van der Waals surface area contributed by atoms with Crippen molar-refractivity contribution in [1.82, 2.24) is 9.78 Å². The minimum atomic E-state index is -0.597. The summed E-state index contributed by atoms with van der Waals surface area (Å²) in [5.41, 5.74) is 8.53. The standard InChI is InChI=1S/C24H20N4O3/c1-31-21-13-12-17(23(25)29)14-20(21)26-24(30)19-15-28(18-10-6-3-7-11-18)27-22(19)16-8-4-2-5-9-16/h2-15H,1H3,(H2,25,29)(H,26,30). The molecule has 0 spiro atoms. The average molecular weight is 412 g/mol. The monoisotopic (exact) mass is 412 g/mol. The van der Waals surface area contributed by atoms with Gasteiger partial charge in [0.15, 0.2) is 0 Å². The number of carbonyl (C=O) groups excluding carboxylic acids is 2. The number of anilines is 1. The number of aromatic nitrogens is 2. The number of para-hydroxylation sites is 1. The Morgan fingerprint density at radius 3 is 2.29 bits per heavy atom. The molecule has 0 atom stereocenters. The summed E-state index contributed by atoms with van der Waals surface area (Å²) in [5.74, 6) is -0.573. The van der Waals surface area contributed by atoms with Crippen LogP contribution >= 0.6 is 0 Å². The predicted molar refractivity (Wildman–Crippen MR) is 118 cm³/mol. The summed E-state index contributed by atoms with van der Waals surface area (Å²) < 4.78 is 6.98. The number of primary amides is 1. The van der Waals surface area contributed by atoms with E-state index >= 15 is 0 Å². The largest absolute Gasteiger partial charge is 0.495 e. The van der Waals surface area contributed by atoms with E-state index in [0.29, 0.717) is 22.7 Å². The van der Waals surface area contributed by atoms with Gasteiger partial charge in [-0.1, -0.05) is 48.5 Å². The van der Waals surface area contributed by atoms with E-state index in [1.807, 2.05) is 60.7 Å². The van der Waals surface area contributed by atoms with Crippen LogP contribution in [0.25, 0.3) is 16.9 Å². The molecule has 0 fully saturated rings. The Balaban J connectivity index is 1.77. The molecule has 0 saturated carbocycles. The molecule has 3 N–H and O–H groups in total. The van der Waals surface area contributed by atoms with Crippen LogP contribution in [0.2, 0.25) is 0 Å². The van der Waals surface area contributed by atoms with Crippen LogP contribution in [0.5, 0.6) is 5.75 Å². The smallest absolute Gasteiger partial charge is 0.259 e. The maximum atomic E-state index is 13.3. The Labute approximate surface area is 179 Å². The first-order chi connectivity index (χ1) is 15.1. The molecule has 1 aromatic heterocycles. The Bertz CT molecular complexity index is 1230. The molecule has 0 aliphatic carbocycles. The Hall–Kier alpha value is -4.39. The van der Waals surface area contributed by atoms with E-state index < -0.39 is 5.91 Å². The fourth-order valence-electron chi connectivity index (χ4n) is 3.21. The van der Waals surface area contributed by atoms with Crippen molar-refractivity contribution in [2.75, 3.05) is 12.4 Å². The van der Waals surface area contributed by atoms with Crippen molar-refractivity contribution in [1.29, 1.82) is 0 Å². The number of rotatable bonds is 6. The number of amides is 2. The zero-order valence-corrected chi connectivity index (χ0v) is 16.8. The summed E-state index contributed by atoms with van der Waals surface area (Å²) in [6.07, 6.45) is 1.68. The van der Waals surface area contributed by atoms with Gasteiger partial charge in [-0.05, 0) is 30.3 Å². The maximum absolute atomic E-state index is 13.3. The highest BCUT2D eigenvalue weighted by Gasteiger charge is 2.20. The molecule has 4 aromatic rings. The summed E-state index contributed by atoms with van der Waals surface area (Å²) >= 11 is 0. The Kier molecular flexibility index (Phi) is 5.49. The molecular formula is C24H20N4O3. The first-order valence-corrected chi connectivity index (χ1v) is 9.56. The number of nitrogens with one attached hydrogen (secondary N) is 1. The van der Waals surface area contributed by atoms with Gasteiger partial charge in [-0.25, -0.2) is 4.68 Å². The normalized spacial score (nSPS) is 10.5. The number of methoxy groups -OCH3 is 1. The summed E-state index contributed by atoms with van der Waals surface area (Å²) in [5, 5.41) is 7.48. The van der Waals surface area contributed by atoms with Gasteiger partial charge in [-0.15, -0.1) is 0 Å². The topological polar surface area (TPSA) is 99.2 Å². The van der Waals surface area contributed by atoms with Gasteiger partial charge in [0.05, 0.1) is 24.0 Å². The number of ether oxygens (including phenoxy) is 1. The van der Waals surface area contributed by atoms with Gasteiger partial charge in [0.25, 0.3) is 5.91 Å². The van der Waals surface area contributed by atoms with Crippen molar-refractivity contribution in [2.24, 2.45) is 5.73 Å².